The van der Waals surface area contributed by atoms with Crippen molar-refractivity contribution in [2.75, 3.05) is 0 Å². The van der Waals surface area contributed by atoms with Crippen LogP contribution in [0.15, 0.2) is 17.9 Å². The maximum atomic E-state index is 4.39. The summed E-state index contributed by atoms with van der Waals surface area (Å²) in [5.74, 6) is 0.864. The van der Waals surface area contributed by atoms with Crippen molar-refractivity contribution in [1.29, 1.82) is 0 Å². The molecule has 5 nitrogen and oxygen atoms in total. The molecule has 0 bridgehead atoms. The van der Waals surface area contributed by atoms with Crippen molar-refractivity contribution in [1.82, 2.24) is 25.1 Å². The highest BCUT2D eigenvalue weighted by Crippen LogP contribution is 2.18. The molecule has 3 rings (SSSR count). The van der Waals surface area contributed by atoms with E-state index in [1.54, 1.807) is 17.7 Å². The Bertz CT molecular complexity index is 445. The molecule has 0 radical (unpaired) electrons. The van der Waals surface area contributed by atoms with E-state index in [4.69, 9.17) is 0 Å². The molecule has 0 amide bonds. The monoisotopic (exact) mass is 235 g/mol. The standard InChI is InChI=1S/C10H13N5S/c1-2-8(1)12-5-9-13-7-15(14-9)6-10-11-3-4-16-10/h3-4,7-8,12H,1-2,5-6H2. The van der Waals surface area contributed by atoms with Crippen molar-refractivity contribution in [3.8, 4) is 0 Å². The minimum absolute atomic E-state index is 0.700. The first kappa shape index (κ1) is 9.92. The quantitative estimate of drug-likeness (QED) is 0.841. The van der Waals surface area contributed by atoms with Crippen LogP contribution in [0.2, 0.25) is 0 Å². The van der Waals surface area contributed by atoms with Crippen LogP contribution in [-0.4, -0.2) is 25.8 Å². The normalized spacial score (nSPS) is 15.5. The molecule has 0 spiro atoms. The molecule has 1 aliphatic carbocycles. The fraction of sp³-hybridized carbons (Fsp3) is 0.500. The molecule has 0 aromatic carbocycles. The van der Waals surface area contributed by atoms with Crippen LogP contribution in [0.5, 0.6) is 0 Å². The first-order chi connectivity index (χ1) is 7.90. The van der Waals surface area contributed by atoms with Crippen LogP contribution in [0.3, 0.4) is 0 Å². The van der Waals surface area contributed by atoms with Crippen molar-refractivity contribution in [3.05, 3.63) is 28.7 Å². The Kier molecular flexibility index (Phi) is 2.67. The highest BCUT2D eigenvalue weighted by Gasteiger charge is 2.20. The van der Waals surface area contributed by atoms with E-state index in [2.05, 4.69) is 20.4 Å². The summed E-state index contributed by atoms with van der Waals surface area (Å²) in [6, 6.07) is 0.700. The van der Waals surface area contributed by atoms with Crippen LogP contribution < -0.4 is 5.32 Å². The van der Waals surface area contributed by atoms with Crippen LogP contribution in [0.4, 0.5) is 0 Å². The number of thiazole rings is 1. The van der Waals surface area contributed by atoms with E-state index >= 15 is 0 Å². The molecular weight excluding hydrogens is 222 g/mol. The third-order valence-electron chi connectivity index (χ3n) is 2.49. The van der Waals surface area contributed by atoms with Crippen LogP contribution >= 0.6 is 11.3 Å². The van der Waals surface area contributed by atoms with Crippen LogP contribution in [0, 0.1) is 0 Å². The van der Waals surface area contributed by atoms with E-state index in [0.29, 0.717) is 12.6 Å². The lowest BCUT2D eigenvalue weighted by molar-refractivity contribution is 0.627. The van der Waals surface area contributed by atoms with Crippen molar-refractivity contribution in [2.24, 2.45) is 0 Å². The van der Waals surface area contributed by atoms with Gasteiger partial charge in [0, 0.05) is 17.6 Å². The largest absolute Gasteiger partial charge is 0.307 e. The van der Waals surface area contributed by atoms with Gasteiger partial charge in [0.25, 0.3) is 0 Å². The van der Waals surface area contributed by atoms with Gasteiger partial charge in [-0.15, -0.1) is 11.3 Å². The van der Waals surface area contributed by atoms with Crippen molar-refractivity contribution in [2.45, 2.75) is 32.0 Å². The molecule has 1 N–H and O–H groups in total. The van der Waals surface area contributed by atoms with Gasteiger partial charge in [0.2, 0.25) is 0 Å². The first-order valence-corrected chi connectivity index (χ1v) is 6.28. The maximum Gasteiger partial charge on any atom is 0.164 e. The molecule has 1 aliphatic rings. The SMILES string of the molecule is c1csc(Cn2cnc(CNC3CC3)n2)n1. The molecule has 2 heterocycles. The second-order valence-electron chi connectivity index (χ2n) is 3.94. The van der Waals surface area contributed by atoms with E-state index in [0.717, 1.165) is 17.4 Å². The van der Waals surface area contributed by atoms with Crippen molar-refractivity contribution in [3.63, 3.8) is 0 Å². The van der Waals surface area contributed by atoms with Gasteiger partial charge < -0.3 is 5.32 Å². The minimum atomic E-state index is 0.700. The topological polar surface area (TPSA) is 55.6 Å². The second-order valence-corrected chi connectivity index (χ2v) is 4.92. The summed E-state index contributed by atoms with van der Waals surface area (Å²) in [5, 5.41) is 10.8. The average Bonchev–Trinajstić information content (AvgIpc) is 2.78. The molecule has 0 aliphatic heterocycles. The maximum absolute atomic E-state index is 4.39. The molecule has 84 valence electrons. The summed E-state index contributed by atoms with van der Waals surface area (Å²) in [5.41, 5.74) is 0. The fourth-order valence-electron chi connectivity index (χ4n) is 1.48. The molecule has 1 saturated carbocycles. The Balaban J connectivity index is 1.58. The Morgan fingerprint density at radius 1 is 1.44 bits per heavy atom. The zero-order valence-corrected chi connectivity index (χ0v) is 9.65. The van der Waals surface area contributed by atoms with Crippen molar-refractivity contribution < 1.29 is 0 Å². The molecule has 2 aromatic heterocycles. The first-order valence-electron chi connectivity index (χ1n) is 5.40. The number of rotatable bonds is 5. The molecule has 16 heavy (non-hydrogen) atoms. The van der Waals surface area contributed by atoms with Crippen LogP contribution in [0.1, 0.15) is 23.7 Å². The van der Waals surface area contributed by atoms with Crippen molar-refractivity contribution >= 4 is 11.3 Å². The zero-order chi connectivity index (χ0) is 10.8. The minimum Gasteiger partial charge on any atom is -0.307 e. The summed E-state index contributed by atoms with van der Waals surface area (Å²) < 4.78 is 1.84. The van der Waals surface area contributed by atoms with E-state index in [1.807, 2.05) is 16.3 Å². The predicted octanol–water partition coefficient (Wildman–Crippen LogP) is 1.03. The summed E-state index contributed by atoms with van der Waals surface area (Å²) in [6.07, 6.45) is 6.16. The summed E-state index contributed by atoms with van der Waals surface area (Å²) in [6.45, 7) is 1.49. The summed E-state index contributed by atoms with van der Waals surface area (Å²) >= 11 is 1.64. The third-order valence-corrected chi connectivity index (χ3v) is 3.26. The Morgan fingerprint density at radius 3 is 3.12 bits per heavy atom. The molecule has 6 heteroatoms. The Labute approximate surface area is 97.5 Å². The zero-order valence-electron chi connectivity index (χ0n) is 8.83. The third kappa shape index (κ3) is 2.45. The molecule has 2 aromatic rings. The van der Waals surface area contributed by atoms with Gasteiger partial charge >= 0.3 is 0 Å². The fourth-order valence-corrected chi connectivity index (χ4v) is 2.09. The van der Waals surface area contributed by atoms with E-state index in [1.165, 1.54) is 12.8 Å². The molecule has 1 fully saturated rings. The molecular formula is C10H13N5S. The number of nitrogens with zero attached hydrogens (tertiary/aromatic N) is 4. The van der Waals surface area contributed by atoms with Crippen LogP contribution in [0.25, 0.3) is 0 Å². The highest BCUT2D eigenvalue weighted by atomic mass is 32.1. The predicted molar refractivity (Wildman–Crippen MR) is 61.1 cm³/mol. The number of hydrogen-bond acceptors (Lipinski definition) is 5. The summed E-state index contributed by atoms with van der Waals surface area (Å²) in [4.78, 5) is 8.48. The van der Waals surface area contributed by atoms with Gasteiger partial charge in [0.05, 0.1) is 13.1 Å². The molecule has 0 atom stereocenters. The Hall–Kier alpha value is -1.27. The van der Waals surface area contributed by atoms with Gasteiger partial charge in [0.15, 0.2) is 5.82 Å². The van der Waals surface area contributed by atoms with E-state index < -0.39 is 0 Å². The van der Waals surface area contributed by atoms with Gasteiger partial charge in [-0.05, 0) is 12.8 Å². The van der Waals surface area contributed by atoms with Gasteiger partial charge in [-0.1, -0.05) is 0 Å². The smallest absolute Gasteiger partial charge is 0.164 e. The number of hydrogen-bond donors (Lipinski definition) is 1. The second kappa shape index (κ2) is 4.31. The van der Waals surface area contributed by atoms with E-state index in [-0.39, 0.29) is 0 Å². The lowest BCUT2D eigenvalue weighted by Gasteiger charge is -1.97. The lowest BCUT2D eigenvalue weighted by Crippen LogP contribution is -2.16. The average molecular weight is 235 g/mol. The summed E-state index contributed by atoms with van der Waals surface area (Å²) in [7, 11) is 0. The number of nitrogens with one attached hydrogen (secondary N) is 1. The van der Waals surface area contributed by atoms with Gasteiger partial charge in [-0.3, -0.25) is 0 Å². The van der Waals surface area contributed by atoms with Gasteiger partial charge in [0.1, 0.15) is 11.3 Å². The van der Waals surface area contributed by atoms with Gasteiger partial charge in [-0.25, -0.2) is 14.6 Å². The van der Waals surface area contributed by atoms with Gasteiger partial charge in [-0.2, -0.15) is 5.10 Å². The molecule has 0 saturated heterocycles. The van der Waals surface area contributed by atoms with E-state index in [9.17, 15) is 0 Å². The Morgan fingerprint density at radius 2 is 2.38 bits per heavy atom. The lowest BCUT2D eigenvalue weighted by atomic mass is 10.5. The highest BCUT2D eigenvalue weighted by molar-refractivity contribution is 7.09. The van der Waals surface area contributed by atoms with Crippen LogP contribution in [-0.2, 0) is 13.1 Å². The molecule has 0 unspecified atom stereocenters. The number of aromatic nitrogens is 4.